The van der Waals surface area contributed by atoms with Crippen LogP contribution in [0.1, 0.15) is 25.0 Å². The van der Waals surface area contributed by atoms with Crippen molar-refractivity contribution in [1.29, 1.82) is 0 Å². The highest BCUT2D eigenvalue weighted by atomic mass is 15.1. The summed E-state index contributed by atoms with van der Waals surface area (Å²) in [5, 5.41) is 2.53. The van der Waals surface area contributed by atoms with E-state index in [0.717, 1.165) is 11.4 Å². The number of nitrogens with zero attached hydrogens (tertiary/aromatic N) is 1. The highest BCUT2D eigenvalue weighted by Crippen LogP contribution is 2.54. The van der Waals surface area contributed by atoms with Crippen LogP contribution in [-0.4, -0.2) is 0 Å². The van der Waals surface area contributed by atoms with Crippen LogP contribution in [0, 0.1) is 0 Å². The zero-order chi connectivity index (χ0) is 33.7. The minimum absolute atomic E-state index is 0.0817. The molecule has 0 spiro atoms. The molecule has 0 saturated carbocycles. The van der Waals surface area contributed by atoms with Crippen molar-refractivity contribution >= 4 is 27.8 Å². The molecule has 8 aromatic carbocycles. The molecule has 238 valence electrons. The first-order valence-corrected chi connectivity index (χ1v) is 17.4. The average molecular weight is 640 g/mol. The van der Waals surface area contributed by atoms with Gasteiger partial charge in [0, 0.05) is 22.4 Å². The number of hydrogen-bond acceptors (Lipinski definition) is 1. The third-order valence-corrected chi connectivity index (χ3v) is 10.5. The molecule has 0 amide bonds. The second-order valence-corrected chi connectivity index (χ2v) is 13.8. The van der Waals surface area contributed by atoms with Crippen LogP contribution in [0.25, 0.3) is 55.3 Å². The van der Waals surface area contributed by atoms with Gasteiger partial charge in [-0.2, -0.15) is 0 Å². The van der Waals surface area contributed by atoms with Crippen LogP contribution in [-0.2, 0) is 5.41 Å². The molecule has 0 aromatic heterocycles. The van der Waals surface area contributed by atoms with Gasteiger partial charge in [0.2, 0.25) is 0 Å². The first-order valence-electron chi connectivity index (χ1n) is 17.4. The van der Waals surface area contributed by atoms with Crippen molar-refractivity contribution in [1.82, 2.24) is 0 Å². The van der Waals surface area contributed by atoms with E-state index in [0.29, 0.717) is 0 Å². The molecule has 0 bridgehead atoms. The Morgan fingerprint density at radius 2 is 0.840 bits per heavy atom. The summed E-state index contributed by atoms with van der Waals surface area (Å²) < 4.78 is 0. The summed E-state index contributed by atoms with van der Waals surface area (Å²) in [5.74, 6) is 0. The molecular weight excluding hydrogens is 603 g/mol. The lowest BCUT2D eigenvalue weighted by Gasteiger charge is -2.29. The second kappa shape index (κ2) is 12.1. The Morgan fingerprint density at radius 1 is 0.360 bits per heavy atom. The van der Waals surface area contributed by atoms with Gasteiger partial charge in [0.1, 0.15) is 0 Å². The quantitative estimate of drug-likeness (QED) is 0.175. The molecule has 8 aromatic rings. The maximum atomic E-state index is 2.44. The molecule has 0 saturated heterocycles. The summed E-state index contributed by atoms with van der Waals surface area (Å²) in [6.45, 7) is 4.70. The summed E-state index contributed by atoms with van der Waals surface area (Å²) in [6.07, 6.45) is 0. The standard InChI is InChI=1S/C49H37N/c1-49(2)45-19-9-8-17-44(45)48-46(49)20-11-21-47(48)50(41-32-28-39(29-33-41)43-18-10-15-38-14-6-7-16-42(38)43)40-30-26-37(27-31-40)36-24-22-35(23-25-36)34-12-4-3-5-13-34/h3-33H,1-2H3. The van der Waals surface area contributed by atoms with Crippen molar-refractivity contribution in [2.75, 3.05) is 4.90 Å². The number of fused-ring (bicyclic) bond motifs is 4. The lowest BCUT2D eigenvalue weighted by atomic mass is 9.82. The Bertz CT molecular complexity index is 2470. The Balaban J connectivity index is 1.15. The lowest BCUT2D eigenvalue weighted by molar-refractivity contribution is 0.660. The SMILES string of the molecule is CC1(C)c2ccccc2-c2c(N(c3ccc(-c4ccc(-c5ccccc5)cc4)cc3)c3ccc(-c4cccc5ccccc45)cc3)cccc21. The molecule has 0 unspecified atom stereocenters. The van der Waals surface area contributed by atoms with E-state index in [4.69, 9.17) is 0 Å². The topological polar surface area (TPSA) is 3.24 Å². The molecule has 1 aliphatic carbocycles. The van der Waals surface area contributed by atoms with Crippen LogP contribution in [0.2, 0.25) is 0 Å². The predicted octanol–water partition coefficient (Wildman–Crippen LogP) is 13.6. The van der Waals surface area contributed by atoms with Gasteiger partial charge in [-0.05, 0) is 91.2 Å². The highest BCUT2D eigenvalue weighted by Gasteiger charge is 2.37. The lowest BCUT2D eigenvalue weighted by Crippen LogP contribution is -2.16. The zero-order valence-electron chi connectivity index (χ0n) is 28.3. The summed E-state index contributed by atoms with van der Waals surface area (Å²) >= 11 is 0. The minimum Gasteiger partial charge on any atom is -0.310 e. The number of anilines is 3. The van der Waals surface area contributed by atoms with Crippen molar-refractivity contribution in [3.05, 3.63) is 199 Å². The van der Waals surface area contributed by atoms with Gasteiger partial charge in [0.25, 0.3) is 0 Å². The summed E-state index contributed by atoms with van der Waals surface area (Å²) in [6, 6.07) is 68.5. The molecule has 9 rings (SSSR count). The Hall–Kier alpha value is -6.18. The highest BCUT2D eigenvalue weighted by molar-refractivity contribution is 5.98. The number of rotatable bonds is 6. The monoisotopic (exact) mass is 639 g/mol. The van der Waals surface area contributed by atoms with Crippen LogP contribution < -0.4 is 4.90 Å². The van der Waals surface area contributed by atoms with Crippen LogP contribution in [0.3, 0.4) is 0 Å². The zero-order valence-corrected chi connectivity index (χ0v) is 28.3. The normalized spacial score (nSPS) is 12.8. The van der Waals surface area contributed by atoms with Gasteiger partial charge in [0.05, 0.1) is 5.69 Å². The fraction of sp³-hybridized carbons (Fsp3) is 0.0612. The molecule has 0 atom stereocenters. The van der Waals surface area contributed by atoms with Crippen molar-refractivity contribution < 1.29 is 0 Å². The summed E-state index contributed by atoms with van der Waals surface area (Å²) in [5.41, 5.74) is 16.1. The van der Waals surface area contributed by atoms with Crippen LogP contribution in [0.4, 0.5) is 17.1 Å². The third-order valence-electron chi connectivity index (χ3n) is 10.5. The molecule has 0 N–H and O–H groups in total. The molecule has 50 heavy (non-hydrogen) atoms. The minimum atomic E-state index is -0.0817. The molecule has 0 heterocycles. The van der Waals surface area contributed by atoms with Gasteiger partial charge in [0.15, 0.2) is 0 Å². The van der Waals surface area contributed by atoms with Crippen molar-refractivity contribution in [3.63, 3.8) is 0 Å². The fourth-order valence-corrected chi connectivity index (χ4v) is 7.90. The van der Waals surface area contributed by atoms with Crippen molar-refractivity contribution in [2.45, 2.75) is 19.3 Å². The maximum absolute atomic E-state index is 2.44. The van der Waals surface area contributed by atoms with Gasteiger partial charge in [-0.1, -0.05) is 172 Å². The molecule has 0 radical (unpaired) electrons. The predicted molar refractivity (Wildman–Crippen MR) is 213 cm³/mol. The maximum Gasteiger partial charge on any atom is 0.0543 e. The number of hydrogen-bond donors (Lipinski definition) is 0. The summed E-state index contributed by atoms with van der Waals surface area (Å²) in [7, 11) is 0. The van der Waals surface area contributed by atoms with Gasteiger partial charge >= 0.3 is 0 Å². The van der Waals surface area contributed by atoms with E-state index in [1.807, 2.05) is 0 Å². The van der Waals surface area contributed by atoms with E-state index in [2.05, 4.69) is 207 Å². The van der Waals surface area contributed by atoms with E-state index in [1.165, 1.54) is 72.1 Å². The average Bonchev–Trinajstić information content (AvgIpc) is 3.42. The number of benzene rings is 8. The van der Waals surface area contributed by atoms with Crippen LogP contribution >= 0.6 is 0 Å². The van der Waals surface area contributed by atoms with Gasteiger partial charge in [-0.3, -0.25) is 0 Å². The Labute approximate surface area is 294 Å². The van der Waals surface area contributed by atoms with Crippen molar-refractivity contribution in [2.24, 2.45) is 0 Å². The first-order chi connectivity index (χ1) is 24.6. The first kappa shape index (κ1) is 29.9. The molecular formula is C49H37N. The Morgan fingerprint density at radius 3 is 1.54 bits per heavy atom. The molecule has 0 fully saturated rings. The third kappa shape index (κ3) is 5.02. The van der Waals surface area contributed by atoms with Gasteiger partial charge < -0.3 is 4.90 Å². The second-order valence-electron chi connectivity index (χ2n) is 13.8. The molecule has 1 nitrogen and oxygen atoms in total. The molecule has 0 aliphatic heterocycles. The van der Waals surface area contributed by atoms with E-state index in [-0.39, 0.29) is 5.41 Å². The van der Waals surface area contributed by atoms with E-state index in [1.54, 1.807) is 0 Å². The molecule has 1 aliphatic rings. The fourth-order valence-electron chi connectivity index (χ4n) is 7.90. The van der Waals surface area contributed by atoms with Gasteiger partial charge in [-0.15, -0.1) is 0 Å². The van der Waals surface area contributed by atoms with Crippen LogP contribution in [0.15, 0.2) is 188 Å². The summed E-state index contributed by atoms with van der Waals surface area (Å²) in [4.78, 5) is 2.44. The Kier molecular flexibility index (Phi) is 7.21. The van der Waals surface area contributed by atoms with E-state index in [9.17, 15) is 0 Å². The van der Waals surface area contributed by atoms with Crippen molar-refractivity contribution in [3.8, 4) is 44.5 Å². The smallest absolute Gasteiger partial charge is 0.0543 e. The van der Waals surface area contributed by atoms with E-state index >= 15 is 0 Å². The van der Waals surface area contributed by atoms with Gasteiger partial charge in [-0.25, -0.2) is 0 Å². The van der Waals surface area contributed by atoms with E-state index < -0.39 is 0 Å². The molecule has 1 heteroatoms. The largest absolute Gasteiger partial charge is 0.310 e. The van der Waals surface area contributed by atoms with Crippen LogP contribution in [0.5, 0.6) is 0 Å².